The smallest absolute Gasteiger partial charge is 0.162 e. The molecule has 0 amide bonds. The first-order valence-corrected chi connectivity index (χ1v) is 6.16. The first-order chi connectivity index (χ1) is 9.05. The molecule has 0 bridgehead atoms. The normalized spacial score (nSPS) is 11.1. The highest BCUT2D eigenvalue weighted by Gasteiger charge is 2.12. The summed E-state index contributed by atoms with van der Waals surface area (Å²) in [6, 6.07) is 3.59. The van der Waals surface area contributed by atoms with Crippen LogP contribution in [0.15, 0.2) is 12.1 Å². The highest BCUT2D eigenvalue weighted by molar-refractivity contribution is 6.34. The zero-order chi connectivity index (χ0) is 14.0. The summed E-state index contributed by atoms with van der Waals surface area (Å²) in [6.07, 6.45) is 0. The lowest BCUT2D eigenvalue weighted by atomic mass is 10.2. The molecule has 2 aromatic rings. The number of aromatic nitrogens is 2. The number of fused-ring (bicyclic) bond motifs is 1. The Morgan fingerprint density at radius 3 is 2.32 bits per heavy atom. The van der Waals surface area contributed by atoms with Crippen LogP contribution in [0.1, 0.15) is 5.82 Å². The van der Waals surface area contributed by atoms with E-state index in [1.807, 2.05) is 19.0 Å². The zero-order valence-electron chi connectivity index (χ0n) is 11.4. The van der Waals surface area contributed by atoms with Crippen molar-refractivity contribution >= 4 is 22.5 Å². The van der Waals surface area contributed by atoms with E-state index in [0.29, 0.717) is 29.0 Å². The van der Waals surface area contributed by atoms with Crippen LogP contribution in [0, 0.1) is 0 Å². The summed E-state index contributed by atoms with van der Waals surface area (Å²) in [5, 5.41) is 1.17. The van der Waals surface area contributed by atoms with Crippen LogP contribution in [0.2, 0.25) is 5.15 Å². The molecular formula is C13H16ClN3O2. The summed E-state index contributed by atoms with van der Waals surface area (Å²) < 4.78 is 10.5. The number of hydrogen-bond acceptors (Lipinski definition) is 5. The highest BCUT2D eigenvalue weighted by Crippen LogP contribution is 2.33. The Morgan fingerprint density at radius 2 is 1.74 bits per heavy atom. The Hall–Kier alpha value is -1.59. The summed E-state index contributed by atoms with van der Waals surface area (Å²) >= 11 is 6.20. The molecule has 0 radical (unpaired) electrons. The lowest BCUT2D eigenvalue weighted by Crippen LogP contribution is -2.13. The van der Waals surface area contributed by atoms with E-state index >= 15 is 0 Å². The van der Waals surface area contributed by atoms with Crippen molar-refractivity contribution in [1.82, 2.24) is 14.9 Å². The molecule has 0 aliphatic carbocycles. The van der Waals surface area contributed by atoms with Crippen molar-refractivity contribution in [3.05, 3.63) is 23.1 Å². The van der Waals surface area contributed by atoms with Gasteiger partial charge in [0.1, 0.15) is 11.0 Å². The summed E-state index contributed by atoms with van der Waals surface area (Å²) in [6.45, 7) is 0.629. The van der Waals surface area contributed by atoms with Gasteiger partial charge in [0.25, 0.3) is 0 Å². The van der Waals surface area contributed by atoms with Crippen molar-refractivity contribution in [3.63, 3.8) is 0 Å². The molecule has 0 spiro atoms. The zero-order valence-corrected chi connectivity index (χ0v) is 12.2. The molecule has 0 aliphatic heterocycles. The van der Waals surface area contributed by atoms with Crippen LogP contribution in [0.3, 0.4) is 0 Å². The van der Waals surface area contributed by atoms with Crippen molar-refractivity contribution in [1.29, 1.82) is 0 Å². The second-order valence-corrected chi connectivity index (χ2v) is 4.75. The number of methoxy groups -OCH3 is 2. The molecule has 2 rings (SSSR count). The molecule has 19 heavy (non-hydrogen) atoms. The van der Waals surface area contributed by atoms with Gasteiger partial charge in [0, 0.05) is 11.5 Å². The molecule has 5 nitrogen and oxygen atoms in total. The van der Waals surface area contributed by atoms with Crippen molar-refractivity contribution in [2.24, 2.45) is 0 Å². The quantitative estimate of drug-likeness (QED) is 0.805. The van der Waals surface area contributed by atoms with E-state index < -0.39 is 0 Å². The van der Waals surface area contributed by atoms with Gasteiger partial charge in [-0.05, 0) is 20.2 Å². The van der Waals surface area contributed by atoms with Crippen molar-refractivity contribution in [3.8, 4) is 11.5 Å². The molecule has 0 saturated carbocycles. The van der Waals surface area contributed by atoms with Crippen LogP contribution in [0.4, 0.5) is 0 Å². The first-order valence-electron chi connectivity index (χ1n) is 5.78. The van der Waals surface area contributed by atoms with Gasteiger partial charge < -0.3 is 14.4 Å². The molecular weight excluding hydrogens is 266 g/mol. The summed E-state index contributed by atoms with van der Waals surface area (Å²) in [5.41, 5.74) is 0.745. The van der Waals surface area contributed by atoms with Crippen LogP contribution in [0.25, 0.3) is 10.9 Å². The van der Waals surface area contributed by atoms with E-state index in [-0.39, 0.29) is 0 Å². The Kier molecular flexibility index (Phi) is 4.07. The molecule has 0 N–H and O–H groups in total. The number of halogens is 1. The molecule has 1 aromatic heterocycles. The fourth-order valence-corrected chi connectivity index (χ4v) is 2.07. The Bertz CT molecular complexity index is 602. The number of hydrogen-bond donors (Lipinski definition) is 0. The van der Waals surface area contributed by atoms with Crippen molar-refractivity contribution < 1.29 is 9.47 Å². The van der Waals surface area contributed by atoms with E-state index in [1.54, 1.807) is 26.4 Å². The second kappa shape index (κ2) is 5.59. The molecule has 0 unspecified atom stereocenters. The van der Waals surface area contributed by atoms with E-state index in [0.717, 1.165) is 10.9 Å². The van der Waals surface area contributed by atoms with E-state index in [9.17, 15) is 0 Å². The lowest BCUT2D eigenvalue weighted by Gasteiger charge is -2.12. The summed E-state index contributed by atoms with van der Waals surface area (Å²) in [5.74, 6) is 1.91. The number of ether oxygens (including phenoxy) is 2. The van der Waals surface area contributed by atoms with E-state index in [4.69, 9.17) is 21.1 Å². The minimum atomic E-state index is 0.419. The third kappa shape index (κ3) is 2.88. The lowest BCUT2D eigenvalue weighted by molar-refractivity contribution is 0.355. The molecule has 6 heteroatoms. The standard InChI is InChI=1S/C13H16ClN3O2/c1-17(2)7-12-15-9-6-11(19-4)10(18-3)5-8(9)13(14)16-12/h5-6H,7H2,1-4H3. The molecule has 1 heterocycles. The minimum Gasteiger partial charge on any atom is -0.493 e. The fourth-order valence-electron chi connectivity index (χ4n) is 1.82. The van der Waals surface area contributed by atoms with Gasteiger partial charge in [-0.1, -0.05) is 11.6 Å². The summed E-state index contributed by atoms with van der Waals surface area (Å²) in [4.78, 5) is 10.8. The monoisotopic (exact) mass is 281 g/mol. The van der Waals surface area contributed by atoms with Gasteiger partial charge in [0.15, 0.2) is 11.5 Å². The SMILES string of the molecule is COc1cc2nc(CN(C)C)nc(Cl)c2cc1OC. The Morgan fingerprint density at radius 1 is 1.11 bits per heavy atom. The van der Waals surface area contributed by atoms with Crippen LogP contribution in [-0.2, 0) is 6.54 Å². The van der Waals surface area contributed by atoms with Crippen molar-refractivity contribution in [2.75, 3.05) is 28.3 Å². The molecule has 102 valence electrons. The molecule has 0 aliphatic rings. The molecule has 0 saturated heterocycles. The second-order valence-electron chi connectivity index (χ2n) is 4.39. The maximum atomic E-state index is 6.20. The highest BCUT2D eigenvalue weighted by atomic mass is 35.5. The number of rotatable bonds is 4. The van der Waals surface area contributed by atoms with E-state index in [1.165, 1.54) is 0 Å². The Labute approximate surface area is 117 Å². The molecule has 0 fully saturated rings. The fraction of sp³-hybridized carbons (Fsp3) is 0.385. The average Bonchev–Trinajstić information content (AvgIpc) is 2.36. The predicted octanol–water partition coefficient (Wildman–Crippen LogP) is 2.36. The number of nitrogens with zero attached hydrogens (tertiary/aromatic N) is 3. The van der Waals surface area contributed by atoms with Gasteiger partial charge >= 0.3 is 0 Å². The average molecular weight is 282 g/mol. The maximum Gasteiger partial charge on any atom is 0.162 e. The molecule has 1 aromatic carbocycles. The van der Waals surface area contributed by atoms with Gasteiger partial charge in [-0.15, -0.1) is 0 Å². The van der Waals surface area contributed by atoms with E-state index in [2.05, 4.69) is 9.97 Å². The van der Waals surface area contributed by atoms with Crippen LogP contribution in [0.5, 0.6) is 11.5 Å². The largest absolute Gasteiger partial charge is 0.493 e. The van der Waals surface area contributed by atoms with Gasteiger partial charge in [-0.25, -0.2) is 9.97 Å². The first kappa shape index (κ1) is 13.8. The maximum absolute atomic E-state index is 6.20. The van der Waals surface area contributed by atoms with Gasteiger partial charge in [-0.3, -0.25) is 0 Å². The van der Waals surface area contributed by atoms with Crippen LogP contribution >= 0.6 is 11.6 Å². The minimum absolute atomic E-state index is 0.419. The van der Waals surface area contributed by atoms with Gasteiger partial charge in [-0.2, -0.15) is 0 Å². The molecule has 0 atom stereocenters. The third-order valence-corrected chi connectivity index (χ3v) is 2.95. The van der Waals surface area contributed by atoms with Gasteiger partial charge in [0.2, 0.25) is 0 Å². The topological polar surface area (TPSA) is 47.5 Å². The Balaban J connectivity index is 2.60. The predicted molar refractivity (Wildman–Crippen MR) is 75.0 cm³/mol. The third-order valence-electron chi connectivity index (χ3n) is 2.66. The summed E-state index contributed by atoms with van der Waals surface area (Å²) in [7, 11) is 7.08. The van der Waals surface area contributed by atoms with Crippen LogP contribution < -0.4 is 9.47 Å². The van der Waals surface area contributed by atoms with Gasteiger partial charge in [0.05, 0.1) is 26.3 Å². The van der Waals surface area contributed by atoms with Crippen LogP contribution in [-0.4, -0.2) is 43.2 Å². The number of benzene rings is 1. The van der Waals surface area contributed by atoms with Crippen molar-refractivity contribution in [2.45, 2.75) is 6.54 Å².